The Labute approximate surface area is 167 Å². The van der Waals surface area contributed by atoms with Crippen molar-refractivity contribution in [1.29, 1.82) is 0 Å². The number of rotatable bonds is 5. The number of halogens is 1. The number of carbonyl (C=O) groups is 1. The van der Waals surface area contributed by atoms with Gasteiger partial charge in [-0.1, -0.05) is 66.9 Å². The number of Topliss-reactive ketones (excluding diaryl/α,β-unsaturated/α-hetero) is 1. The lowest BCUT2D eigenvalue weighted by atomic mass is 9.84. The number of fused-ring (bicyclic) bond motifs is 1. The van der Waals surface area contributed by atoms with Gasteiger partial charge in [0.05, 0.1) is 16.0 Å². The second-order valence-corrected chi connectivity index (χ2v) is 9.45. The topological polar surface area (TPSA) is 30.0 Å². The van der Waals surface area contributed by atoms with E-state index >= 15 is 0 Å². The molecule has 26 heavy (non-hydrogen) atoms. The Balaban J connectivity index is 1.39. The molecule has 0 radical (unpaired) electrons. The predicted octanol–water partition coefficient (Wildman–Crippen LogP) is 6.97. The second-order valence-electron chi connectivity index (χ2n) is 6.76. The fourth-order valence-electron chi connectivity index (χ4n) is 3.53. The number of nitrogens with zero attached hydrogens (tertiary/aromatic N) is 1. The van der Waals surface area contributed by atoms with E-state index < -0.39 is 0 Å². The van der Waals surface area contributed by atoms with Crippen molar-refractivity contribution in [3.8, 4) is 0 Å². The molecule has 3 aromatic rings. The number of hydrogen-bond donors (Lipinski definition) is 0. The van der Waals surface area contributed by atoms with E-state index in [0.717, 1.165) is 20.1 Å². The summed E-state index contributed by atoms with van der Waals surface area (Å²) in [6.45, 7) is 0. The Morgan fingerprint density at radius 2 is 1.88 bits per heavy atom. The molecule has 1 aliphatic carbocycles. The lowest BCUT2D eigenvalue weighted by molar-refractivity contribution is 0.102. The molecule has 1 heterocycles. The first kappa shape index (κ1) is 18.0. The Bertz CT molecular complexity index is 913. The summed E-state index contributed by atoms with van der Waals surface area (Å²) in [5.74, 6) is 1.25. The van der Waals surface area contributed by atoms with Crippen LogP contribution in [0.4, 0.5) is 0 Å². The van der Waals surface area contributed by atoms with Crippen molar-refractivity contribution >= 4 is 50.7 Å². The van der Waals surface area contributed by atoms with Crippen molar-refractivity contribution in [1.82, 2.24) is 4.98 Å². The fourth-order valence-corrected chi connectivity index (χ4v) is 5.64. The summed E-state index contributed by atoms with van der Waals surface area (Å²) < 4.78 is 2.01. The van der Waals surface area contributed by atoms with E-state index in [-0.39, 0.29) is 5.78 Å². The van der Waals surface area contributed by atoms with Crippen LogP contribution in [0.15, 0.2) is 46.8 Å². The highest BCUT2D eigenvalue weighted by Gasteiger charge is 2.16. The molecule has 0 saturated heterocycles. The molecule has 0 atom stereocenters. The average molecular weight is 402 g/mol. The standard InChI is InChI=1S/C21H20ClNOS2/c22-17-10-11-20-18(12-17)23-21(26-20)25-13-19(24)16-8-6-15(7-9-16)14-4-2-1-3-5-14/h6-12,14H,1-5,13H2. The molecule has 2 nitrogen and oxygen atoms in total. The van der Waals surface area contributed by atoms with E-state index in [1.165, 1.54) is 49.4 Å². The number of benzene rings is 2. The van der Waals surface area contributed by atoms with Crippen molar-refractivity contribution in [3.05, 3.63) is 58.6 Å². The Kier molecular flexibility index (Phi) is 5.63. The number of ketones is 1. The van der Waals surface area contributed by atoms with Crippen LogP contribution in [-0.2, 0) is 0 Å². The zero-order chi connectivity index (χ0) is 17.9. The van der Waals surface area contributed by atoms with Crippen LogP contribution >= 0.6 is 34.7 Å². The molecule has 1 fully saturated rings. The van der Waals surface area contributed by atoms with Crippen LogP contribution in [0.3, 0.4) is 0 Å². The highest BCUT2D eigenvalue weighted by atomic mass is 35.5. The maximum atomic E-state index is 12.5. The maximum Gasteiger partial charge on any atom is 0.173 e. The van der Waals surface area contributed by atoms with Gasteiger partial charge in [-0.05, 0) is 42.5 Å². The lowest BCUT2D eigenvalue weighted by Crippen LogP contribution is -2.06. The SMILES string of the molecule is O=C(CSc1nc2cc(Cl)ccc2s1)c1ccc(C2CCCCC2)cc1. The zero-order valence-electron chi connectivity index (χ0n) is 14.4. The van der Waals surface area contributed by atoms with Gasteiger partial charge < -0.3 is 0 Å². The van der Waals surface area contributed by atoms with Gasteiger partial charge in [0.2, 0.25) is 0 Å². The summed E-state index contributed by atoms with van der Waals surface area (Å²) in [6, 6.07) is 14.0. The summed E-state index contributed by atoms with van der Waals surface area (Å²) in [7, 11) is 0. The fraction of sp³-hybridized carbons (Fsp3) is 0.333. The van der Waals surface area contributed by atoms with Crippen molar-refractivity contribution in [2.75, 3.05) is 5.75 Å². The van der Waals surface area contributed by atoms with Crippen molar-refractivity contribution in [3.63, 3.8) is 0 Å². The van der Waals surface area contributed by atoms with Crippen LogP contribution in [0, 0.1) is 0 Å². The van der Waals surface area contributed by atoms with Crippen LogP contribution in [0.25, 0.3) is 10.2 Å². The van der Waals surface area contributed by atoms with Gasteiger partial charge in [-0.2, -0.15) is 0 Å². The van der Waals surface area contributed by atoms with Crippen LogP contribution in [0.5, 0.6) is 0 Å². The lowest BCUT2D eigenvalue weighted by Gasteiger charge is -2.22. The largest absolute Gasteiger partial charge is 0.293 e. The minimum Gasteiger partial charge on any atom is -0.293 e. The van der Waals surface area contributed by atoms with E-state index in [4.69, 9.17) is 11.6 Å². The molecule has 0 spiro atoms. The minimum absolute atomic E-state index is 0.155. The predicted molar refractivity (Wildman–Crippen MR) is 112 cm³/mol. The highest BCUT2D eigenvalue weighted by molar-refractivity contribution is 8.01. The molecular formula is C21H20ClNOS2. The van der Waals surface area contributed by atoms with Gasteiger partial charge in [-0.3, -0.25) is 4.79 Å². The molecule has 1 aromatic heterocycles. The molecule has 134 valence electrons. The van der Waals surface area contributed by atoms with Crippen molar-refractivity contribution < 1.29 is 4.79 Å². The molecule has 4 rings (SSSR count). The molecule has 0 amide bonds. The maximum absolute atomic E-state index is 12.5. The number of carbonyl (C=O) groups excluding carboxylic acids is 1. The summed E-state index contributed by atoms with van der Waals surface area (Å²) in [5, 5.41) is 0.688. The summed E-state index contributed by atoms with van der Waals surface area (Å²) in [4.78, 5) is 17.1. The smallest absolute Gasteiger partial charge is 0.173 e. The molecule has 0 N–H and O–H groups in total. The van der Waals surface area contributed by atoms with E-state index in [1.807, 2.05) is 30.3 Å². The number of hydrogen-bond acceptors (Lipinski definition) is 4. The van der Waals surface area contributed by atoms with Crippen LogP contribution in [0.2, 0.25) is 5.02 Å². The quantitative estimate of drug-likeness (QED) is 0.341. The minimum atomic E-state index is 0.155. The van der Waals surface area contributed by atoms with Gasteiger partial charge in [0.15, 0.2) is 10.1 Å². The number of thiazole rings is 1. The van der Waals surface area contributed by atoms with Crippen molar-refractivity contribution in [2.45, 2.75) is 42.4 Å². The molecular weight excluding hydrogens is 382 g/mol. The van der Waals surface area contributed by atoms with Crippen LogP contribution in [0.1, 0.15) is 53.9 Å². The van der Waals surface area contributed by atoms with E-state index in [9.17, 15) is 4.79 Å². The molecule has 2 aromatic carbocycles. The summed E-state index contributed by atoms with van der Waals surface area (Å²) in [5.41, 5.74) is 3.08. The molecule has 0 aliphatic heterocycles. The van der Waals surface area contributed by atoms with Gasteiger partial charge in [0.1, 0.15) is 0 Å². The van der Waals surface area contributed by atoms with Gasteiger partial charge in [-0.15, -0.1) is 11.3 Å². The van der Waals surface area contributed by atoms with E-state index in [0.29, 0.717) is 16.7 Å². The van der Waals surface area contributed by atoms with Gasteiger partial charge >= 0.3 is 0 Å². The van der Waals surface area contributed by atoms with E-state index in [1.54, 1.807) is 11.3 Å². The normalized spacial score (nSPS) is 15.4. The monoisotopic (exact) mass is 401 g/mol. The molecule has 5 heteroatoms. The third-order valence-electron chi connectivity index (χ3n) is 4.97. The van der Waals surface area contributed by atoms with Gasteiger partial charge in [0.25, 0.3) is 0 Å². The van der Waals surface area contributed by atoms with Crippen LogP contribution < -0.4 is 0 Å². The van der Waals surface area contributed by atoms with Gasteiger partial charge in [0, 0.05) is 10.6 Å². The third-order valence-corrected chi connectivity index (χ3v) is 7.38. The van der Waals surface area contributed by atoms with Crippen molar-refractivity contribution in [2.24, 2.45) is 0 Å². The first-order valence-electron chi connectivity index (χ1n) is 9.01. The first-order valence-corrected chi connectivity index (χ1v) is 11.2. The molecule has 0 bridgehead atoms. The first-order chi connectivity index (χ1) is 12.7. The zero-order valence-corrected chi connectivity index (χ0v) is 16.8. The molecule has 0 unspecified atom stereocenters. The summed E-state index contributed by atoms with van der Waals surface area (Å²) >= 11 is 9.12. The Hall–Kier alpha value is -1.36. The average Bonchev–Trinajstić information content (AvgIpc) is 3.09. The summed E-state index contributed by atoms with van der Waals surface area (Å²) in [6.07, 6.45) is 6.59. The van der Waals surface area contributed by atoms with Gasteiger partial charge in [-0.25, -0.2) is 4.98 Å². The second kappa shape index (κ2) is 8.12. The highest BCUT2D eigenvalue weighted by Crippen LogP contribution is 2.33. The molecule has 1 aliphatic rings. The number of aromatic nitrogens is 1. The van der Waals surface area contributed by atoms with E-state index in [2.05, 4.69) is 17.1 Å². The Morgan fingerprint density at radius 1 is 1.12 bits per heavy atom. The molecule has 1 saturated carbocycles. The number of thioether (sulfide) groups is 1. The van der Waals surface area contributed by atoms with Crippen LogP contribution in [-0.4, -0.2) is 16.5 Å². The third kappa shape index (κ3) is 4.13. The Morgan fingerprint density at radius 3 is 2.65 bits per heavy atom.